The minimum atomic E-state index is -0.339. The fraction of sp³-hybridized carbons (Fsp3) is 0.350. The van der Waals surface area contributed by atoms with Crippen molar-refractivity contribution in [3.8, 4) is 5.75 Å². The van der Waals surface area contributed by atoms with Crippen LogP contribution in [0.1, 0.15) is 48.8 Å². The first-order valence-electron chi connectivity index (χ1n) is 8.30. The third kappa shape index (κ3) is 6.37. The van der Waals surface area contributed by atoms with Crippen LogP contribution < -0.4 is 5.32 Å². The van der Waals surface area contributed by atoms with E-state index >= 15 is 0 Å². The second kappa shape index (κ2) is 7.92. The van der Waals surface area contributed by atoms with Crippen LogP contribution in [0.2, 0.25) is 0 Å². The molecule has 25 heavy (non-hydrogen) atoms. The largest absolute Gasteiger partial charge is 0.508 e. The average Bonchev–Trinajstić information content (AvgIpc) is 2.53. The van der Waals surface area contributed by atoms with Gasteiger partial charge in [-0.2, -0.15) is 0 Å². The summed E-state index contributed by atoms with van der Waals surface area (Å²) in [6, 6.07) is 10.3. The van der Waals surface area contributed by atoms with Crippen molar-refractivity contribution in [1.29, 1.82) is 0 Å². The first kappa shape index (κ1) is 18.6. The second-order valence-corrected chi connectivity index (χ2v) is 7.14. The Balaban J connectivity index is 1.93. The summed E-state index contributed by atoms with van der Waals surface area (Å²) >= 11 is 0. The number of pyridine rings is 1. The Morgan fingerprint density at radius 2 is 1.76 bits per heavy atom. The molecule has 1 heterocycles. The molecule has 0 fully saturated rings. The van der Waals surface area contributed by atoms with Gasteiger partial charge in [0.05, 0.1) is 0 Å². The summed E-state index contributed by atoms with van der Waals surface area (Å²) in [6.07, 6.45) is 2.87. The number of phenols is 1. The SMILES string of the molecule is CC(C)(C)NC(=O)c1cc(CC(=O)CCc2ccc(O)cc2)ccn1. The van der Waals surface area contributed by atoms with Crippen molar-refractivity contribution < 1.29 is 14.7 Å². The van der Waals surface area contributed by atoms with E-state index in [1.165, 1.54) is 0 Å². The first-order chi connectivity index (χ1) is 11.7. The number of carbonyl (C=O) groups excluding carboxylic acids is 2. The highest BCUT2D eigenvalue weighted by atomic mass is 16.3. The Bertz CT molecular complexity index is 746. The van der Waals surface area contributed by atoms with Crippen LogP contribution in [0.25, 0.3) is 0 Å². The molecule has 0 saturated heterocycles. The second-order valence-electron chi connectivity index (χ2n) is 7.14. The van der Waals surface area contributed by atoms with E-state index in [0.29, 0.717) is 18.5 Å². The van der Waals surface area contributed by atoms with Gasteiger partial charge in [-0.05, 0) is 62.6 Å². The lowest BCUT2D eigenvalue weighted by molar-refractivity contribution is -0.118. The van der Waals surface area contributed by atoms with Gasteiger partial charge in [0.25, 0.3) is 5.91 Å². The number of phenolic OH excluding ortho intramolecular Hbond substituents is 1. The summed E-state index contributed by atoms with van der Waals surface area (Å²) < 4.78 is 0. The molecule has 0 aliphatic rings. The molecule has 5 heteroatoms. The molecule has 0 atom stereocenters. The van der Waals surface area contributed by atoms with Gasteiger partial charge in [0.2, 0.25) is 0 Å². The Labute approximate surface area is 148 Å². The zero-order chi connectivity index (χ0) is 18.4. The van der Waals surface area contributed by atoms with Gasteiger partial charge in [-0.1, -0.05) is 12.1 Å². The molecule has 0 spiro atoms. The zero-order valence-electron chi connectivity index (χ0n) is 14.9. The number of hydrogen-bond acceptors (Lipinski definition) is 4. The first-order valence-corrected chi connectivity index (χ1v) is 8.30. The number of nitrogens with zero attached hydrogens (tertiary/aromatic N) is 1. The summed E-state index contributed by atoms with van der Waals surface area (Å²) in [5.41, 5.74) is 1.77. The minimum absolute atomic E-state index is 0.0986. The number of aromatic hydroxyl groups is 1. The molecule has 2 aromatic rings. The highest BCUT2D eigenvalue weighted by molar-refractivity contribution is 5.93. The van der Waals surface area contributed by atoms with Gasteiger partial charge in [0.15, 0.2) is 0 Å². The maximum Gasteiger partial charge on any atom is 0.270 e. The van der Waals surface area contributed by atoms with E-state index in [4.69, 9.17) is 0 Å². The number of nitrogens with one attached hydrogen (secondary N) is 1. The van der Waals surface area contributed by atoms with Crippen molar-refractivity contribution in [2.75, 3.05) is 0 Å². The van der Waals surface area contributed by atoms with Crippen LogP contribution in [0.15, 0.2) is 42.6 Å². The van der Waals surface area contributed by atoms with E-state index in [0.717, 1.165) is 11.1 Å². The fourth-order valence-corrected chi connectivity index (χ4v) is 2.38. The van der Waals surface area contributed by atoms with E-state index in [1.54, 1.807) is 30.5 Å². The third-order valence-electron chi connectivity index (χ3n) is 3.58. The number of Topliss-reactive ketones (excluding diaryl/α,β-unsaturated/α-hetero) is 1. The smallest absolute Gasteiger partial charge is 0.270 e. The number of aryl methyl sites for hydroxylation is 1. The quantitative estimate of drug-likeness (QED) is 0.847. The minimum Gasteiger partial charge on any atom is -0.508 e. The van der Waals surface area contributed by atoms with Crippen molar-refractivity contribution >= 4 is 11.7 Å². The number of hydrogen-bond donors (Lipinski definition) is 2. The van der Waals surface area contributed by atoms with Gasteiger partial charge in [-0.25, -0.2) is 0 Å². The van der Waals surface area contributed by atoms with Crippen LogP contribution in [0.4, 0.5) is 0 Å². The zero-order valence-corrected chi connectivity index (χ0v) is 14.9. The molecule has 0 unspecified atom stereocenters. The molecule has 1 aromatic carbocycles. The highest BCUT2D eigenvalue weighted by Gasteiger charge is 2.16. The molecule has 1 amide bonds. The fourth-order valence-electron chi connectivity index (χ4n) is 2.38. The van der Waals surface area contributed by atoms with Crippen molar-refractivity contribution in [3.05, 3.63) is 59.4 Å². The monoisotopic (exact) mass is 340 g/mol. The number of carbonyl (C=O) groups is 2. The number of benzene rings is 1. The molecule has 0 aliphatic heterocycles. The van der Waals surface area contributed by atoms with Crippen molar-refractivity contribution in [2.45, 2.75) is 45.6 Å². The van der Waals surface area contributed by atoms with Gasteiger partial charge in [0.1, 0.15) is 17.2 Å². The molecule has 0 aliphatic carbocycles. The summed E-state index contributed by atoms with van der Waals surface area (Å²) in [5.74, 6) is 0.0697. The predicted molar refractivity (Wildman–Crippen MR) is 96.6 cm³/mol. The van der Waals surface area contributed by atoms with E-state index in [9.17, 15) is 14.7 Å². The van der Waals surface area contributed by atoms with E-state index < -0.39 is 0 Å². The van der Waals surface area contributed by atoms with Gasteiger partial charge in [-0.3, -0.25) is 14.6 Å². The standard InChI is InChI=1S/C20H24N2O3/c1-20(2,3)22-19(25)18-13-15(10-11-21-18)12-17(24)9-6-14-4-7-16(23)8-5-14/h4-5,7-8,10-11,13,23H,6,9,12H2,1-3H3,(H,22,25). The third-order valence-corrected chi connectivity index (χ3v) is 3.58. The summed E-state index contributed by atoms with van der Waals surface area (Å²) in [7, 11) is 0. The van der Waals surface area contributed by atoms with Crippen molar-refractivity contribution in [2.24, 2.45) is 0 Å². The van der Waals surface area contributed by atoms with Crippen LogP contribution >= 0.6 is 0 Å². The van der Waals surface area contributed by atoms with Crippen LogP contribution in [0.3, 0.4) is 0 Å². The molecule has 132 valence electrons. The lowest BCUT2D eigenvalue weighted by atomic mass is 10.0. The van der Waals surface area contributed by atoms with E-state index in [2.05, 4.69) is 10.3 Å². The number of rotatable bonds is 6. The lowest BCUT2D eigenvalue weighted by Gasteiger charge is -2.20. The van der Waals surface area contributed by atoms with Crippen LogP contribution in [-0.2, 0) is 17.6 Å². The molecular weight excluding hydrogens is 316 g/mol. The highest BCUT2D eigenvalue weighted by Crippen LogP contribution is 2.12. The summed E-state index contributed by atoms with van der Waals surface area (Å²) in [4.78, 5) is 28.4. The van der Waals surface area contributed by atoms with Crippen LogP contribution in [0.5, 0.6) is 5.75 Å². The molecule has 2 rings (SSSR count). The maximum absolute atomic E-state index is 12.2. The van der Waals surface area contributed by atoms with E-state index in [-0.39, 0.29) is 29.4 Å². The molecule has 2 N–H and O–H groups in total. The van der Waals surface area contributed by atoms with Gasteiger partial charge in [0, 0.05) is 24.6 Å². The summed E-state index contributed by atoms with van der Waals surface area (Å²) in [6.45, 7) is 5.71. The molecule has 0 bridgehead atoms. The van der Waals surface area contributed by atoms with Crippen LogP contribution in [0, 0.1) is 0 Å². The molecule has 0 radical (unpaired) electrons. The van der Waals surface area contributed by atoms with Gasteiger partial charge < -0.3 is 10.4 Å². The Kier molecular flexibility index (Phi) is 5.91. The Morgan fingerprint density at radius 1 is 1.08 bits per heavy atom. The molecular formula is C20H24N2O3. The number of amides is 1. The van der Waals surface area contributed by atoms with Crippen molar-refractivity contribution in [1.82, 2.24) is 10.3 Å². The van der Waals surface area contributed by atoms with E-state index in [1.807, 2.05) is 32.9 Å². The Hall–Kier alpha value is -2.69. The molecule has 1 aromatic heterocycles. The normalized spacial score (nSPS) is 11.2. The molecule has 0 saturated carbocycles. The molecule has 5 nitrogen and oxygen atoms in total. The number of ketones is 1. The average molecular weight is 340 g/mol. The van der Waals surface area contributed by atoms with Gasteiger partial charge in [-0.15, -0.1) is 0 Å². The van der Waals surface area contributed by atoms with Crippen LogP contribution in [-0.4, -0.2) is 27.3 Å². The topological polar surface area (TPSA) is 79.3 Å². The lowest BCUT2D eigenvalue weighted by Crippen LogP contribution is -2.40. The Morgan fingerprint density at radius 3 is 2.40 bits per heavy atom. The summed E-state index contributed by atoms with van der Waals surface area (Å²) in [5, 5.41) is 12.1. The predicted octanol–water partition coefficient (Wildman–Crippen LogP) is 3.06. The van der Waals surface area contributed by atoms with Gasteiger partial charge >= 0.3 is 0 Å². The number of aromatic nitrogens is 1. The maximum atomic E-state index is 12.2. The van der Waals surface area contributed by atoms with Crippen molar-refractivity contribution in [3.63, 3.8) is 0 Å².